The van der Waals surface area contributed by atoms with Crippen LogP contribution in [0.3, 0.4) is 0 Å². The molecule has 3 aromatic carbocycles. The van der Waals surface area contributed by atoms with Crippen molar-refractivity contribution in [1.82, 2.24) is 0 Å². The van der Waals surface area contributed by atoms with Crippen LogP contribution in [0.5, 0.6) is 11.5 Å². The predicted molar refractivity (Wildman–Crippen MR) is 126 cm³/mol. The van der Waals surface area contributed by atoms with Crippen LogP contribution >= 0.6 is 0 Å². The molecule has 2 heterocycles. The Bertz CT molecular complexity index is 1100. The molecular weight excluding hydrogens is 385 g/mol. The molecule has 0 aromatic heterocycles. The van der Waals surface area contributed by atoms with Crippen molar-refractivity contribution in [3.05, 3.63) is 54.1 Å². The second-order valence-corrected chi connectivity index (χ2v) is 8.98. The number of fused-ring (bicyclic) bond motifs is 3. The van der Waals surface area contributed by atoms with Crippen LogP contribution in [0.25, 0.3) is 21.9 Å². The van der Waals surface area contributed by atoms with Crippen LogP contribution in [0.15, 0.2) is 48.5 Å². The lowest BCUT2D eigenvalue weighted by Gasteiger charge is -2.36. The lowest BCUT2D eigenvalue weighted by atomic mass is 9.76. The number of piperidine rings is 1. The summed E-state index contributed by atoms with van der Waals surface area (Å²) < 4.78 is 12.1. The maximum atomic E-state index is 9.96. The molecule has 158 valence electrons. The summed E-state index contributed by atoms with van der Waals surface area (Å²) in [4.78, 5) is 2.31. The summed E-state index contributed by atoms with van der Waals surface area (Å²) >= 11 is 0. The molecule has 0 spiro atoms. The number of hydrogen-bond donors (Lipinski definition) is 1. The highest BCUT2D eigenvalue weighted by atomic mass is 16.5. The summed E-state index contributed by atoms with van der Waals surface area (Å²) in [5, 5.41) is 12.1. The van der Waals surface area contributed by atoms with Crippen LogP contribution in [-0.2, 0) is 6.42 Å². The molecule has 3 aromatic rings. The third kappa shape index (κ3) is 3.76. The van der Waals surface area contributed by atoms with Crippen molar-refractivity contribution in [1.29, 1.82) is 0 Å². The highest BCUT2D eigenvalue weighted by molar-refractivity contribution is 6.15. The molecule has 31 heavy (non-hydrogen) atoms. The number of hydrogen-bond acceptors (Lipinski definition) is 4. The van der Waals surface area contributed by atoms with E-state index in [1.54, 1.807) is 7.11 Å². The molecule has 5 heteroatoms. The zero-order chi connectivity index (χ0) is 21.6. The normalized spacial score (nSPS) is 21.6. The molecule has 1 fully saturated rings. The minimum atomic E-state index is -0.677. The summed E-state index contributed by atoms with van der Waals surface area (Å²) in [6.45, 7) is 3.57. The molecular formula is C26H28BNO3. The Morgan fingerprint density at radius 2 is 1.84 bits per heavy atom. The summed E-state index contributed by atoms with van der Waals surface area (Å²) in [5.74, 6) is 1.69. The van der Waals surface area contributed by atoms with Gasteiger partial charge in [-0.25, -0.2) is 0 Å². The number of nitrogens with zero attached hydrogens (tertiary/aromatic N) is 1. The fraction of sp³-hybridized carbons (Fsp3) is 0.385. The van der Waals surface area contributed by atoms with Crippen LogP contribution in [0.4, 0.5) is 5.69 Å². The summed E-state index contributed by atoms with van der Waals surface area (Å²) in [5.41, 5.74) is 3.94. The van der Waals surface area contributed by atoms with Gasteiger partial charge in [0.05, 0.1) is 24.4 Å². The van der Waals surface area contributed by atoms with Gasteiger partial charge < -0.3 is 19.5 Å². The van der Waals surface area contributed by atoms with Crippen molar-refractivity contribution in [2.45, 2.75) is 44.2 Å². The van der Waals surface area contributed by atoms with E-state index in [0.717, 1.165) is 66.7 Å². The standard InChI is InChI=1S/C26H28BNO3/c1-26(27)11-8-18-14-20(17-6-4-3-5-7-17)21-15-23(28-12-9-19(29)10-13-28)24(30-2)16-22(21)25(18)31-26/h3-7,14-16,19,29H,8-13H2,1-2H3. The fourth-order valence-electron chi connectivity index (χ4n) is 4.82. The molecule has 1 unspecified atom stereocenters. The first-order chi connectivity index (χ1) is 14.9. The van der Waals surface area contributed by atoms with Gasteiger partial charge in [-0.2, -0.15) is 0 Å². The van der Waals surface area contributed by atoms with Crippen LogP contribution in [0.2, 0.25) is 0 Å². The molecule has 2 aliphatic rings. The van der Waals surface area contributed by atoms with Crippen LogP contribution in [-0.4, -0.2) is 44.8 Å². The average molecular weight is 413 g/mol. The van der Waals surface area contributed by atoms with E-state index in [2.05, 4.69) is 47.4 Å². The monoisotopic (exact) mass is 413 g/mol. The van der Waals surface area contributed by atoms with Gasteiger partial charge in [0.25, 0.3) is 0 Å². The predicted octanol–water partition coefficient (Wildman–Crippen LogP) is 4.69. The average Bonchev–Trinajstić information content (AvgIpc) is 2.78. The summed E-state index contributed by atoms with van der Waals surface area (Å²) in [7, 11) is 8.09. The fourth-order valence-corrected chi connectivity index (χ4v) is 4.82. The minimum absolute atomic E-state index is 0.217. The van der Waals surface area contributed by atoms with Crippen LogP contribution in [0, 0.1) is 0 Å². The highest BCUT2D eigenvalue weighted by Crippen LogP contribution is 2.46. The van der Waals surface area contributed by atoms with Gasteiger partial charge in [0.2, 0.25) is 0 Å². The van der Waals surface area contributed by atoms with Crippen molar-refractivity contribution >= 4 is 24.3 Å². The molecule has 0 aliphatic carbocycles. The zero-order valence-electron chi connectivity index (χ0n) is 18.2. The number of aliphatic hydroxyl groups is 1. The maximum absolute atomic E-state index is 9.96. The Morgan fingerprint density at radius 1 is 1.10 bits per heavy atom. The lowest BCUT2D eigenvalue weighted by molar-refractivity contribution is 0.145. The molecule has 2 radical (unpaired) electrons. The van der Waals surface area contributed by atoms with E-state index < -0.39 is 5.50 Å². The van der Waals surface area contributed by atoms with Crippen molar-refractivity contribution in [3.8, 4) is 22.6 Å². The highest BCUT2D eigenvalue weighted by Gasteiger charge is 2.30. The third-order valence-electron chi connectivity index (χ3n) is 6.58. The van der Waals surface area contributed by atoms with E-state index in [0.29, 0.717) is 0 Å². The number of anilines is 1. The van der Waals surface area contributed by atoms with Gasteiger partial charge in [-0.05, 0) is 72.9 Å². The Kier molecular flexibility index (Phi) is 5.09. The Labute approximate surface area is 185 Å². The molecule has 1 N–H and O–H groups in total. The molecule has 0 amide bonds. The first-order valence-corrected chi connectivity index (χ1v) is 11.1. The lowest BCUT2D eigenvalue weighted by Crippen LogP contribution is -2.37. The number of rotatable bonds is 3. The molecule has 1 atom stereocenters. The van der Waals surface area contributed by atoms with Crippen molar-refractivity contribution < 1.29 is 14.6 Å². The van der Waals surface area contributed by atoms with Gasteiger partial charge in [0.15, 0.2) is 0 Å². The minimum Gasteiger partial charge on any atom is -0.497 e. The Hall–Kier alpha value is -2.66. The van der Waals surface area contributed by atoms with E-state index in [1.165, 1.54) is 16.7 Å². The molecule has 2 aliphatic heterocycles. The van der Waals surface area contributed by atoms with Gasteiger partial charge >= 0.3 is 0 Å². The zero-order valence-corrected chi connectivity index (χ0v) is 18.2. The number of methoxy groups -OCH3 is 1. The van der Waals surface area contributed by atoms with Gasteiger partial charge in [-0.3, -0.25) is 0 Å². The van der Waals surface area contributed by atoms with Crippen molar-refractivity contribution in [2.24, 2.45) is 0 Å². The number of benzene rings is 3. The van der Waals surface area contributed by atoms with E-state index >= 15 is 0 Å². The van der Waals surface area contributed by atoms with Crippen molar-refractivity contribution in [2.75, 3.05) is 25.1 Å². The second kappa shape index (κ2) is 7.79. The van der Waals surface area contributed by atoms with E-state index in [-0.39, 0.29) is 6.10 Å². The SMILES string of the molecule is [B]C1(C)CCc2cc(-c3ccccc3)c3cc(N4CCC(O)CC4)c(OC)cc3c2O1. The first kappa shape index (κ1) is 20.3. The van der Waals surface area contributed by atoms with Crippen LogP contribution in [0.1, 0.15) is 31.7 Å². The van der Waals surface area contributed by atoms with Gasteiger partial charge in [-0.1, -0.05) is 30.3 Å². The molecule has 4 nitrogen and oxygen atoms in total. The molecule has 5 rings (SSSR count). The number of aliphatic hydroxyl groups excluding tert-OH is 1. The molecule has 0 saturated carbocycles. The summed E-state index contributed by atoms with van der Waals surface area (Å²) in [6, 6.07) is 17.1. The number of aryl methyl sites for hydroxylation is 1. The largest absolute Gasteiger partial charge is 0.497 e. The quantitative estimate of drug-likeness (QED) is 0.633. The van der Waals surface area contributed by atoms with Crippen molar-refractivity contribution in [3.63, 3.8) is 0 Å². The topological polar surface area (TPSA) is 41.9 Å². The molecule has 1 saturated heterocycles. The van der Waals surface area contributed by atoms with E-state index in [4.69, 9.17) is 17.3 Å². The third-order valence-corrected chi connectivity index (χ3v) is 6.58. The molecule has 0 bridgehead atoms. The van der Waals surface area contributed by atoms with Gasteiger partial charge in [0.1, 0.15) is 19.3 Å². The Morgan fingerprint density at radius 3 is 2.55 bits per heavy atom. The second-order valence-electron chi connectivity index (χ2n) is 8.98. The van der Waals surface area contributed by atoms with Gasteiger partial charge in [0, 0.05) is 18.5 Å². The number of ether oxygens (including phenoxy) is 2. The van der Waals surface area contributed by atoms with E-state index in [1.807, 2.05) is 13.0 Å². The van der Waals surface area contributed by atoms with Crippen LogP contribution < -0.4 is 14.4 Å². The Balaban J connectivity index is 1.75. The first-order valence-electron chi connectivity index (χ1n) is 11.1. The van der Waals surface area contributed by atoms with E-state index in [9.17, 15) is 5.11 Å². The van der Waals surface area contributed by atoms with Gasteiger partial charge in [-0.15, -0.1) is 0 Å². The summed E-state index contributed by atoms with van der Waals surface area (Å²) in [6.07, 6.45) is 2.99. The maximum Gasteiger partial charge on any atom is 0.142 e. The smallest absolute Gasteiger partial charge is 0.142 e.